The van der Waals surface area contributed by atoms with Gasteiger partial charge in [0.2, 0.25) is 0 Å². The fourth-order valence-corrected chi connectivity index (χ4v) is 5.19. The van der Waals surface area contributed by atoms with Crippen molar-refractivity contribution in [1.29, 1.82) is 0 Å². The Bertz CT molecular complexity index is 1060. The van der Waals surface area contributed by atoms with E-state index in [0.29, 0.717) is 23.4 Å². The van der Waals surface area contributed by atoms with E-state index in [2.05, 4.69) is 15.3 Å². The number of rotatable bonds is 4. The molecular weight excluding hydrogens is 425 g/mol. The van der Waals surface area contributed by atoms with Crippen LogP contribution in [0.5, 0.6) is 0 Å². The number of carbonyl (C=O) groups excluding carboxylic acids is 1. The number of hydrogen-bond acceptors (Lipinski definition) is 5. The lowest BCUT2D eigenvalue weighted by atomic mass is 9.85. The fourth-order valence-electron chi connectivity index (χ4n) is 3.69. The van der Waals surface area contributed by atoms with Crippen LogP contribution < -0.4 is 11.1 Å². The summed E-state index contributed by atoms with van der Waals surface area (Å²) >= 11 is 7.03. The summed E-state index contributed by atoms with van der Waals surface area (Å²) in [6, 6.07) is 3.61. The van der Waals surface area contributed by atoms with Gasteiger partial charge in [-0.05, 0) is 37.5 Å². The lowest BCUT2D eigenvalue weighted by Gasteiger charge is -2.30. The molecule has 1 amide bonds. The second-order valence-corrected chi connectivity index (χ2v) is 8.97. The number of amidine groups is 1. The zero-order valence-electron chi connectivity index (χ0n) is 15.2. The van der Waals surface area contributed by atoms with Crippen molar-refractivity contribution < 1.29 is 18.0 Å². The number of nitrogens with two attached hydrogens (primary N) is 1. The molecule has 1 aliphatic carbocycles. The molecule has 4 rings (SSSR count). The number of alkyl halides is 1. The molecule has 1 atom stereocenters. The van der Waals surface area contributed by atoms with Crippen molar-refractivity contribution in [2.24, 2.45) is 10.7 Å². The standard InChI is InChI=1S/C19H16ClF3N4OS/c1-9-4-10(20)7-25-15(9)16(28)26-11-5-12(14(23)13(22)6-11)19(8-21)18(2-3-18)29-17(24)27-19/h4-7H,2-3,8H2,1H3,(H2,24,27)(H,26,28)/t19-/m1/s1. The average Bonchev–Trinajstić information content (AvgIpc) is 3.36. The number of aryl methyl sites for hydroxylation is 1. The summed E-state index contributed by atoms with van der Waals surface area (Å²) in [6.07, 6.45) is 2.47. The number of hydrogen-bond donors (Lipinski definition) is 2. The SMILES string of the molecule is Cc1cc(Cl)cnc1C(=O)Nc1cc(F)c(F)c([C@@]2(CF)N=C(N)SC23CC3)c1. The largest absolute Gasteiger partial charge is 0.378 e. The quantitative estimate of drug-likeness (QED) is 0.741. The van der Waals surface area contributed by atoms with Gasteiger partial charge >= 0.3 is 0 Å². The predicted octanol–water partition coefficient (Wildman–Crippen LogP) is 4.33. The van der Waals surface area contributed by atoms with E-state index in [4.69, 9.17) is 17.3 Å². The zero-order valence-corrected chi connectivity index (χ0v) is 16.8. The number of anilines is 1. The van der Waals surface area contributed by atoms with Gasteiger partial charge in [0, 0.05) is 23.5 Å². The third-order valence-corrected chi connectivity index (χ3v) is 6.89. The Morgan fingerprint density at radius 2 is 2.07 bits per heavy atom. The van der Waals surface area contributed by atoms with Crippen LogP contribution in [-0.4, -0.2) is 27.5 Å². The molecule has 1 aromatic carbocycles. The van der Waals surface area contributed by atoms with Crippen LogP contribution in [0.2, 0.25) is 5.02 Å². The number of carbonyl (C=O) groups is 1. The fraction of sp³-hybridized carbons (Fsp3) is 0.316. The summed E-state index contributed by atoms with van der Waals surface area (Å²) < 4.78 is 42.6. The number of thioether (sulfide) groups is 1. The topological polar surface area (TPSA) is 80.4 Å². The van der Waals surface area contributed by atoms with Gasteiger partial charge in [0.05, 0.1) is 9.77 Å². The summed E-state index contributed by atoms with van der Waals surface area (Å²) in [6.45, 7) is 0.610. The minimum Gasteiger partial charge on any atom is -0.378 e. The van der Waals surface area contributed by atoms with E-state index in [-0.39, 0.29) is 22.1 Å². The van der Waals surface area contributed by atoms with E-state index < -0.39 is 34.5 Å². The van der Waals surface area contributed by atoms with Crippen LogP contribution in [0.3, 0.4) is 0 Å². The lowest BCUT2D eigenvalue weighted by molar-refractivity contribution is 0.102. The molecule has 1 spiro atoms. The summed E-state index contributed by atoms with van der Waals surface area (Å²) in [5.74, 6) is -3.05. The van der Waals surface area contributed by atoms with Gasteiger partial charge in [-0.1, -0.05) is 23.4 Å². The molecule has 5 nitrogen and oxygen atoms in total. The monoisotopic (exact) mass is 440 g/mol. The van der Waals surface area contributed by atoms with Gasteiger partial charge in [0.1, 0.15) is 17.9 Å². The number of halogens is 4. The van der Waals surface area contributed by atoms with Crippen LogP contribution in [0.4, 0.5) is 18.9 Å². The Kier molecular flexibility index (Phi) is 4.77. The summed E-state index contributed by atoms with van der Waals surface area (Å²) in [5.41, 5.74) is 4.47. The highest BCUT2D eigenvalue weighted by Gasteiger charge is 2.66. The second kappa shape index (κ2) is 6.91. The summed E-state index contributed by atoms with van der Waals surface area (Å²) in [4.78, 5) is 20.7. The van der Waals surface area contributed by atoms with Crippen molar-refractivity contribution in [2.75, 3.05) is 12.0 Å². The average molecular weight is 441 g/mol. The minimum atomic E-state index is -1.62. The highest BCUT2D eigenvalue weighted by Crippen LogP contribution is 2.65. The van der Waals surface area contributed by atoms with Crippen molar-refractivity contribution in [1.82, 2.24) is 4.98 Å². The zero-order chi connectivity index (χ0) is 21.0. The van der Waals surface area contributed by atoms with Crippen LogP contribution >= 0.6 is 23.4 Å². The number of aliphatic imine (C=N–C) groups is 1. The molecular formula is C19H16ClF3N4OS. The van der Waals surface area contributed by atoms with Gasteiger partial charge in [-0.25, -0.2) is 23.1 Å². The first-order valence-corrected chi connectivity index (χ1v) is 9.94. The van der Waals surface area contributed by atoms with Crippen LogP contribution in [-0.2, 0) is 5.54 Å². The number of amides is 1. The molecule has 1 aromatic heterocycles. The Balaban J connectivity index is 1.74. The Morgan fingerprint density at radius 3 is 2.69 bits per heavy atom. The van der Waals surface area contributed by atoms with Crippen molar-refractivity contribution in [2.45, 2.75) is 30.1 Å². The molecule has 2 heterocycles. The molecule has 0 radical (unpaired) electrons. The first-order valence-electron chi connectivity index (χ1n) is 8.75. The van der Waals surface area contributed by atoms with Crippen molar-refractivity contribution >= 4 is 40.1 Å². The molecule has 152 valence electrons. The highest BCUT2D eigenvalue weighted by molar-refractivity contribution is 8.15. The van der Waals surface area contributed by atoms with Gasteiger partial charge in [-0.2, -0.15) is 0 Å². The molecule has 0 unspecified atom stereocenters. The van der Waals surface area contributed by atoms with E-state index in [1.165, 1.54) is 24.0 Å². The molecule has 10 heteroatoms. The van der Waals surface area contributed by atoms with Crippen LogP contribution in [0.1, 0.15) is 34.5 Å². The van der Waals surface area contributed by atoms with Gasteiger partial charge in [-0.3, -0.25) is 4.79 Å². The molecule has 0 saturated heterocycles. The maximum absolute atomic E-state index is 14.7. The summed E-state index contributed by atoms with van der Waals surface area (Å²) in [5, 5.41) is 2.99. The first kappa shape index (κ1) is 20.0. The highest BCUT2D eigenvalue weighted by atomic mass is 35.5. The Hall–Kier alpha value is -2.26. The molecule has 0 bridgehead atoms. The number of benzene rings is 1. The third-order valence-electron chi connectivity index (χ3n) is 5.24. The molecule has 2 aromatic rings. The predicted molar refractivity (Wildman–Crippen MR) is 107 cm³/mol. The molecule has 29 heavy (non-hydrogen) atoms. The van der Waals surface area contributed by atoms with Crippen LogP contribution in [0.15, 0.2) is 29.4 Å². The van der Waals surface area contributed by atoms with Crippen molar-refractivity contribution in [3.8, 4) is 0 Å². The Labute approximate surface area is 173 Å². The van der Waals surface area contributed by atoms with E-state index in [1.54, 1.807) is 13.0 Å². The van der Waals surface area contributed by atoms with Gasteiger partial charge < -0.3 is 11.1 Å². The molecule has 3 N–H and O–H groups in total. The molecule has 2 aliphatic rings. The van der Waals surface area contributed by atoms with Gasteiger partial charge in [0.25, 0.3) is 5.91 Å². The van der Waals surface area contributed by atoms with E-state index >= 15 is 0 Å². The smallest absolute Gasteiger partial charge is 0.274 e. The van der Waals surface area contributed by atoms with Gasteiger partial charge in [-0.15, -0.1) is 0 Å². The molecule has 1 saturated carbocycles. The van der Waals surface area contributed by atoms with E-state index in [0.717, 1.165) is 6.07 Å². The maximum Gasteiger partial charge on any atom is 0.274 e. The maximum atomic E-state index is 14.7. The van der Waals surface area contributed by atoms with Crippen LogP contribution in [0.25, 0.3) is 0 Å². The summed E-state index contributed by atoms with van der Waals surface area (Å²) in [7, 11) is 0. The minimum absolute atomic E-state index is 0.0330. The van der Waals surface area contributed by atoms with E-state index in [9.17, 15) is 18.0 Å². The van der Waals surface area contributed by atoms with E-state index in [1.807, 2.05) is 0 Å². The third kappa shape index (κ3) is 3.16. The lowest BCUT2D eigenvalue weighted by Crippen LogP contribution is -2.38. The number of aromatic nitrogens is 1. The Morgan fingerprint density at radius 1 is 1.34 bits per heavy atom. The number of nitrogens with one attached hydrogen (secondary N) is 1. The molecule has 1 fully saturated rings. The van der Waals surface area contributed by atoms with Crippen LogP contribution in [0, 0.1) is 18.6 Å². The number of nitrogens with zero attached hydrogens (tertiary/aromatic N) is 2. The second-order valence-electron chi connectivity index (χ2n) is 7.13. The van der Waals surface area contributed by atoms with Crippen molar-refractivity contribution in [3.63, 3.8) is 0 Å². The van der Waals surface area contributed by atoms with Gasteiger partial charge in [0.15, 0.2) is 16.8 Å². The molecule has 1 aliphatic heterocycles. The number of pyridine rings is 1. The normalized spacial score (nSPS) is 21.9. The van der Waals surface area contributed by atoms with Crippen molar-refractivity contribution in [3.05, 3.63) is 57.9 Å². The first-order chi connectivity index (χ1) is 13.7.